The van der Waals surface area contributed by atoms with Crippen LogP contribution in [0.2, 0.25) is 0 Å². The van der Waals surface area contributed by atoms with E-state index >= 15 is 0 Å². The summed E-state index contributed by atoms with van der Waals surface area (Å²) in [4.78, 5) is 8.86. The maximum Gasteiger partial charge on any atom is 0.195 e. The van der Waals surface area contributed by atoms with Gasteiger partial charge < -0.3 is 9.80 Å². The molecule has 0 aliphatic carbocycles. The number of hydrogen-bond acceptors (Lipinski definition) is 1. The number of halogens is 1. The zero-order valence-corrected chi connectivity index (χ0v) is 16.1. The molecule has 1 rings (SSSR count). The first-order valence-electron chi connectivity index (χ1n) is 6.70. The van der Waals surface area contributed by atoms with Gasteiger partial charge in [-0.25, -0.2) is 0 Å². The molecule has 0 N–H and O–H groups in total. The van der Waals surface area contributed by atoms with Crippen LogP contribution in [0, 0.1) is 6.92 Å². The van der Waals surface area contributed by atoms with Crippen molar-refractivity contribution in [1.29, 1.82) is 0 Å². The Kier molecular flexibility index (Phi) is 7.55. The first-order chi connectivity index (χ1) is 8.74. The molecule has 0 bridgehead atoms. The standard InChI is InChI=1S/C16H27N3.HI/c1-13-9-8-10-14(11-13)16(2,3)12-17-15(18(4)5)19(6)7;/h8-11H,12H2,1-7H3;1H. The Balaban J connectivity index is 0.00000361. The number of aryl methyl sites for hydroxylation is 1. The fourth-order valence-electron chi connectivity index (χ4n) is 2.11. The molecule has 0 unspecified atom stereocenters. The van der Waals surface area contributed by atoms with Gasteiger partial charge in [0.05, 0.1) is 6.54 Å². The molecule has 0 fully saturated rings. The van der Waals surface area contributed by atoms with E-state index in [-0.39, 0.29) is 29.4 Å². The Hall–Kier alpha value is -0.780. The van der Waals surface area contributed by atoms with Gasteiger partial charge in [0.15, 0.2) is 5.96 Å². The van der Waals surface area contributed by atoms with Crippen LogP contribution in [0.5, 0.6) is 0 Å². The summed E-state index contributed by atoms with van der Waals surface area (Å²) in [5.41, 5.74) is 2.69. The number of nitrogens with zero attached hydrogens (tertiary/aromatic N) is 3. The van der Waals surface area contributed by atoms with Crippen molar-refractivity contribution in [2.24, 2.45) is 4.99 Å². The first kappa shape index (κ1) is 19.2. The second kappa shape index (κ2) is 7.86. The third-order valence-electron chi connectivity index (χ3n) is 3.22. The lowest BCUT2D eigenvalue weighted by atomic mass is 9.84. The molecule has 0 saturated carbocycles. The molecule has 0 spiro atoms. The molecule has 0 aliphatic rings. The average Bonchev–Trinajstić information content (AvgIpc) is 2.28. The van der Waals surface area contributed by atoms with Crippen molar-refractivity contribution < 1.29 is 0 Å². The summed E-state index contributed by atoms with van der Waals surface area (Å²) in [6.45, 7) is 7.40. The molecule has 0 heterocycles. The van der Waals surface area contributed by atoms with Crippen molar-refractivity contribution in [1.82, 2.24) is 9.80 Å². The molecule has 114 valence electrons. The van der Waals surface area contributed by atoms with E-state index < -0.39 is 0 Å². The normalized spacial score (nSPS) is 10.6. The van der Waals surface area contributed by atoms with E-state index in [1.807, 2.05) is 38.0 Å². The Morgan fingerprint density at radius 3 is 2.10 bits per heavy atom. The van der Waals surface area contributed by atoms with E-state index in [2.05, 4.69) is 45.0 Å². The molecular weight excluding hydrogens is 361 g/mol. The zero-order valence-electron chi connectivity index (χ0n) is 13.8. The third kappa shape index (κ3) is 5.31. The molecule has 0 aromatic heterocycles. The van der Waals surface area contributed by atoms with Gasteiger partial charge in [-0.15, -0.1) is 24.0 Å². The molecule has 0 amide bonds. The fraction of sp³-hybridized carbons (Fsp3) is 0.562. The zero-order chi connectivity index (χ0) is 14.6. The van der Waals surface area contributed by atoms with Crippen LogP contribution in [0.4, 0.5) is 0 Å². The van der Waals surface area contributed by atoms with Crippen LogP contribution in [0.25, 0.3) is 0 Å². The largest absolute Gasteiger partial charge is 0.349 e. The highest BCUT2D eigenvalue weighted by atomic mass is 127. The molecule has 3 nitrogen and oxygen atoms in total. The molecule has 0 saturated heterocycles. The summed E-state index contributed by atoms with van der Waals surface area (Å²) >= 11 is 0. The van der Waals surface area contributed by atoms with Crippen LogP contribution in [-0.2, 0) is 5.41 Å². The molecule has 20 heavy (non-hydrogen) atoms. The molecule has 1 aromatic rings. The Bertz CT molecular complexity index is 441. The summed E-state index contributed by atoms with van der Waals surface area (Å²) in [7, 11) is 8.11. The monoisotopic (exact) mass is 389 g/mol. The van der Waals surface area contributed by atoms with Gasteiger partial charge in [0, 0.05) is 33.6 Å². The van der Waals surface area contributed by atoms with Crippen LogP contribution in [-0.4, -0.2) is 50.5 Å². The summed E-state index contributed by atoms with van der Waals surface area (Å²) in [5.74, 6) is 1.00. The van der Waals surface area contributed by atoms with Gasteiger partial charge in [0.2, 0.25) is 0 Å². The highest BCUT2D eigenvalue weighted by molar-refractivity contribution is 14.0. The number of aliphatic imine (C=N–C) groups is 1. The number of rotatable bonds is 3. The molecule has 0 radical (unpaired) electrons. The third-order valence-corrected chi connectivity index (χ3v) is 3.22. The van der Waals surface area contributed by atoms with Crippen molar-refractivity contribution in [3.63, 3.8) is 0 Å². The van der Waals surface area contributed by atoms with E-state index in [1.165, 1.54) is 11.1 Å². The van der Waals surface area contributed by atoms with Crippen LogP contribution in [0.15, 0.2) is 29.3 Å². The van der Waals surface area contributed by atoms with Crippen molar-refractivity contribution in [2.75, 3.05) is 34.7 Å². The topological polar surface area (TPSA) is 18.8 Å². The minimum Gasteiger partial charge on any atom is -0.349 e. The quantitative estimate of drug-likeness (QED) is 0.449. The van der Waals surface area contributed by atoms with Crippen LogP contribution < -0.4 is 0 Å². The van der Waals surface area contributed by atoms with E-state index in [0.717, 1.165) is 12.5 Å². The van der Waals surface area contributed by atoms with E-state index in [0.29, 0.717) is 0 Å². The van der Waals surface area contributed by atoms with Crippen LogP contribution in [0.1, 0.15) is 25.0 Å². The van der Waals surface area contributed by atoms with Crippen molar-refractivity contribution in [2.45, 2.75) is 26.2 Å². The van der Waals surface area contributed by atoms with E-state index in [4.69, 9.17) is 4.99 Å². The average molecular weight is 389 g/mol. The van der Waals surface area contributed by atoms with Gasteiger partial charge in [-0.1, -0.05) is 43.7 Å². The minimum atomic E-state index is 0. The van der Waals surface area contributed by atoms with Gasteiger partial charge in [-0.2, -0.15) is 0 Å². The molecule has 0 aliphatic heterocycles. The van der Waals surface area contributed by atoms with E-state index in [9.17, 15) is 0 Å². The van der Waals surface area contributed by atoms with Gasteiger partial charge in [0.25, 0.3) is 0 Å². The molecular formula is C16H28IN3. The summed E-state index contributed by atoms with van der Waals surface area (Å²) < 4.78 is 0. The molecule has 0 atom stereocenters. The Morgan fingerprint density at radius 1 is 1.10 bits per heavy atom. The highest BCUT2D eigenvalue weighted by Gasteiger charge is 2.21. The maximum absolute atomic E-state index is 4.77. The SMILES string of the molecule is Cc1cccc(C(C)(C)CN=C(N(C)C)N(C)C)c1.I. The fourth-order valence-corrected chi connectivity index (χ4v) is 2.11. The number of hydrogen-bond donors (Lipinski definition) is 0. The second-order valence-electron chi connectivity index (χ2n) is 6.16. The van der Waals surface area contributed by atoms with Gasteiger partial charge in [-0.3, -0.25) is 4.99 Å². The smallest absolute Gasteiger partial charge is 0.195 e. The highest BCUT2D eigenvalue weighted by Crippen LogP contribution is 2.24. The van der Waals surface area contributed by atoms with Crippen molar-refractivity contribution >= 4 is 29.9 Å². The predicted molar refractivity (Wildman–Crippen MR) is 99.3 cm³/mol. The lowest BCUT2D eigenvalue weighted by Crippen LogP contribution is -2.36. The predicted octanol–water partition coefficient (Wildman–Crippen LogP) is 3.37. The van der Waals surface area contributed by atoms with Crippen LogP contribution >= 0.6 is 24.0 Å². The minimum absolute atomic E-state index is 0. The lowest BCUT2D eigenvalue weighted by Gasteiger charge is -2.27. The van der Waals surface area contributed by atoms with E-state index in [1.54, 1.807) is 0 Å². The Labute approximate surface area is 141 Å². The number of guanidine groups is 1. The Morgan fingerprint density at radius 2 is 1.65 bits per heavy atom. The summed E-state index contributed by atoms with van der Waals surface area (Å²) in [6, 6.07) is 8.69. The van der Waals surface area contributed by atoms with Gasteiger partial charge in [0.1, 0.15) is 0 Å². The molecule has 1 aromatic carbocycles. The van der Waals surface area contributed by atoms with Gasteiger partial charge >= 0.3 is 0 Å². The second-order valence-corrected chi connectivity index (χ2v) is 6.16. The summed E-state index contributed by atoms with van der Waals surface area (Å²) in [6.07, 6.45) is 0. The summed E-state index contributed by atoms with van der Waals surface area (Å²) in [5, 5.41) is 0. The van der Waals surface area contributed by atoms with Crippen LogP contribution in [0.3, 0.4) is 0 Å². The maximum atomic E-state index is 4.77. The van der Waals surface area contributed by atoms with Gasteiger partial charge in [-0.05, 0) is 12.5 Å². The van der Waals surface area contributed by atoms with Crippen molar-refractivity contribution in [3.8, 4) is 0 Å². The molecule has 4 heteroatoms. The lowest BCUT2D eigenvalue weighted by molar-refractivity contribution is 0.464. The number of benzene rings is 1. The van der Waals surface area contributed by atoms with Crippen molar-refractivity contribution in [3.05, 3.63) is 35.4 Å². The first-order valence-corrected chi connectivity index (χ1v) is 6.70.